The highest BCUT2D eigenvalue weighted by atomic mass is 16.5. The molecule has 3 aromatic carbocycles. The number of likely N-dealkylation sites (N-methyl/N-ethyl adjacent to an activating group) is 1. The normalized spacial score (nSPS) is 19.9. The fourth-order valence-corrected chi connectivity index (χ4v) is 10.5. The first-order valence-corrected chi connectivity index (χ1v) is 23.7. The minimum Gasteiger partial charge on any atom is -0.508 e. The number of carbonyl (C=O) groups is 4. The Balaban J connectivity index is 1.22. The molecule has 3 aliphatic rings. The molecule has 5 aromatic rings. The highest BCUT2D eigenvalue weighted by molar-refractivity contribution is 5.96. The topological polar surface area (TPSA) is 162 Å². The SMILES string of the molecule is C=CC(=O)N1CCC(C(=O)N(C)[C@H](C(=O)N[C@H]2Cc3cc(O)cc(c3)-c3ccc4c(c3)c(c(-c3ccccc3CCOC)n4CC)CC(C)(C)c3coc(n3)[C@@H]3CCCN(N3)C2=O)C(C)C)C1. The molecule has 0 aliphatic carbocycles. The summed E-state index contributed by atoms with van der Waals surface area (Å²) in [6.07, 6.45) is 6.24. The summed E-state index contributed by atoms with van der Waals surface area (Å²) < 4.78 is 14.2. The van der Waals surface area contributed by atoms with Crippen LogP contribution >= 0.6 is 0 Å². The minimum atomic E-state index is -1.09. The van der Waals surface area contributed by atoms with Crippen molar-refractivity contribution in [2.75, 3.05) is 40.4 Å². The van der Waals surface area contributed by atoms with Crippen LogP contribution in [0, 0.1) is 11.8 Å². The summed E-state index contributed by atoms with van der Waals surface area (Å²) >= 11 is 0. The van der Waals surface area contributed by atoms with E-state index >= 15 is 0 Å². The van der Waals surface area contributed by atoms with Crippen molar-refractivity contribution in [1.29, 1.82) is 0 Å². The first-order valence-electron chi connectivity index (χ1n) is 23.7. The van der Waals surface area contributed by atoms with Crippen LogP contribution < -0.4 is 10.7 Å². The van der Waals surface area contributed by atoms with E-state index in [1.165, 1.54) is 22.1 Å². The van der Waals surface area contributed by atoms with Gasteiger partial charge in [0.2, 0.25) is 23.6 Å². The van der Waals surface area contributed by atoms with Gasteiger partial charge in [-0.05, 0) is 103 Å². The molecule has 0 saturated carbocycles. The maximum absolute atomic E-state index is 14.9. The van der Waals surface area contributed by atoms with E-state index in [9.17, 15) is 24.3 Å². The number of methoxy groups -OCH3 is 1. The number of nitrogens with zero attached hydrogens (tertiary/aromatic N) is 5. The van der Waals surface area contributed by atoms with Crippen LogP contribution in [0.1, 0.15) is 88.2 Å². The number of amides is 4. The second kappa shape index (κ2) is 19.5. The Morgan fingerprint density at radius 2 is 1.88 bits per heavy atom. The molecule has 5 heterocycles. The van der Waals surface area contributed by atoms with Gasteiger partial charge in [-0.25, -0.2) is 10.4 Å². The van der Waals surface area contributed by atoms with E-state index in [2.05, 4.69) is 85.1 Å². The van der Waals surface area contributed by atoms with Crippen LogP contribution in [0.2, 0.25) is 0 Å². The summed E-state index contributed by atoms with van der Waals surface area (Å²) in [6, 6.07) is 17.9. The van der Waals surface area contributed by atoms with Gasteiger partial charge in [-0.15, -0.1) is 0 Å². The summed E-state index contributed by atoms with van der Waals surface area (Å²) in [5, 5.41) is 17.1. The number of hydrazine groups is 1. The van der Waals surface area contributed by atoms with Crippen molar-refractivity contribution in [3.05, 3.63) is 108 Å². The number of carbonyl (C=O) groups excluding carboxylic acids is 4. The van der Waals surface area contributed by atoms with E-state index in [-0.39, 0.29) is 42.4 Å². The van der Waals surface area contributed by atoms with Crippen molar-refractivity contribution in [3.8, 4) is 28.1 Å². The van der Waals surface area contributed by atoms with E-state index < -0.39 is 35.4 Å². The molecule has 67 heavy (non-hydrogen) atoms. The molecule has 14 nitrogen and oxygen atoms in total. The number of hydrogen-bond acceptors (Lipinski definition) is 9. The fourth-order valence-electron chi connectivity index (χ4n) is 10.5. The van der Waals surface area contributed by atoms with Crippen molar-refractivity contribution in [2.45, 2.75) is 103 Å². The number of likely N-dealkylation sites (tertiary alicyclic amines) is 1. The zero-order valence-corrected chi connectivity index (χ0v) is 39.9. The summed E-state index contributed by atoms with van der Waals surface area (Å²) in [7, 11) is 3.34. The Labute approximate surface area is 393 Å². The number of phenolic OH excluding ortho intramolecular Hbond substituents is 1. The van der Waals surface area contributed by atoms with Crippen LogP contribution in [0.25, 0.3) is 33.3 Å². The van der Waals surface area contributed by atoms with Crippen LogP contribution in [0.4, 0.5) is 0 Å². The van der Waals surface area contributed by atoms with E-state index in [0.29, 0.717) is 56.8 Å². The van der Waals surface area contributed by atoms with E-state index in [0.717, 1.165) is 51.9 Å². The number of rotatable bonds is 11. The first-order chi connectivity index (χ1) is 32.1. The van der Waals surface area contributed by atoms with Gasteiger partial charge in [-0.3, -0.25) is 24.2 Å². The summed E-state index contributed by atoms with van der Waals surface area (Å²) in [6.45, 7) is 16.2. The Bertz CT molecular complexity index is 2680. The maximum atomic E-state index is 14.9. The number of aryl methyl sites for hydroxylation is 1. The number of oxazole rings is 1. The molecule has 1 unspecified atom stereocenters. The average molecular weight is 912 g/mol. The van der Waals surface area contributed by atoms with Crippen molar-refractivity contribution < 1.29 is 33.4 Å². The molecule has 8 rings (SSSR count). The lowest BCUT2D eigenvalue weighted by Crippen LogP contribution is -2.60. The van der Waals surface area contributed by atoms with Gasteiger partial charge < -0.3 is 33.9 Å². The van der Waals surface area contributed by atoms with Crippen molar-refractivity contribution >= 4 is 34.5 Å². The van der Waals surface area contributed by atoms with Gasteiger partial charge >= 0.3 is 0 Å². The van der Waals surface area contributed by atoms with Gasteiger partial charge in [0.15, 0.2) is 0 Å². The molecular weight excluding hydrogens is 847 g/mol. The van der Waals surface area contributed by atoms with Crippen LogP contribution in [-0.2, 0) is 55.1 Å². The van der Waals surface area contributed by atoms with Gasteiger partial charge in [0.05, 0.1) is 23.9 Å². The third-order valence-electron chi connectivity index (χ3n) is 14.0. The quantitative estimate of drug-likeness (QED) is 0.117. The van der Waals surface area contributed by atoms with Gasteiger partial charge in [-0.2, -0.15) is 0 Å². The van der Waals surface area contributed by atoms with Crippen LogP contribution in [-0.4, -0.2) is 106 Å². The molecule has 354 valence electrons. The first kappa shape index (κ1) is 47.3. The third kappa shape index (κ3) is 9.51. The predicted molar refractivity (Wildman–Crippen MR) is 258 cm³/mol. The Morgan fingerprint density at radius 1 is 1.09 bits per heavy atom. The fraction of sp³-hybridized carbons (Fsp3) is 0.453. The molecule has 0 spiro atoms. The Morgan fingerprint density at radius 3 is 2.63 bits per heavy atom. The number of benzene rings is 3. The highest BCUT2D eigenvalue weighted by Gasteiger charge is 2.40. The molecule has 2 aromatic heterocycles. The van der Waals surface area contributed by atoms with Gasteiger partial charge in [-0.1, -0.05) is 70.7 Å². The zero-order chi connectivity index (χ0) is 47.7. The number of hydrogen-bond donors (Lipinski definition) is 3. The second-order valence-corrected chi connectivity index (χ2v) is 19.4. The lowest BCUT2D eigenvalue weighted by Gasteiger charge is -2.36. The standard InChI is InChI=1S/C53H65N7O7/c1-9-46(62)58-22-19-36(30-58)51(64)57(7)47(32(3)4)49(63)54-43-26-33-24-37(27-38(61)25-33)35-17-18-44-40(28-35)41(48(59(44)10-2)39-15-12-11-14-34(39)20-23-66-8)29-53(5,6)45-31-67-50(55-45)42-16-13-21-60(56-42)52(43)65/h9,11-12,14-15,17-18,24-25,27-28,31-32,36,42-43,47,56,61H,1,10,13,16,19-23,26,29-30H2,2-8H3,(H,54,63)/t36?,42-,43-,47-/m0/s1. The van der Waals surface area contributed by atoms with E-state index in [4.69, 9.17) is 14.1 Å². The van der Waals surface area contributed by atoms with E-state index in [1.54, 1.807) is 42.5 Å². The Kier molecular flexibility index (Phi) is 13.8. The van der Waals surface area contributed by atoms with Crippen LogP contribution in [0.5, 0.6) is 5.75 Å². The number of aromatic hydroxyl groups is 1. The molecule has 2 fully saturated rings. The lowest BCUT2D eigenvalue weighted by molar-refractivity contribution is -0.146. The highest BCUT2D eigenvalue weighted by Crippen LogP contribution is 2.42. The lowest BCUT2D eigenvalue weighted by atomic mass is 9.81. The smallest absolute Gasteiger partial charge is 0.259 e. The number of aromatic nitrogens is 2. The number of nitrogens with one attached hydrogen (secondary N) is 2. The summed E-state index contributed by atoms with van der Waals surface area (Å²) in [5.74, 6) is -1.60. The molecule has 4 atom stereocenters. The number of fused-ring (bicyclic) bond motifs is 9. The van der Waals surface area contributed by atoms with Crippen molar-refractivity contribution in [1.82, 2.24) is 35.1 Å². The molecule has 14 heteroatoms. The number of ether oxygens (including phenoxy) is 1. The monoisotopic (exact) mass is 911 g/mol. The van der Waals surface area contributed by atoms with Gasteiger partial charge in [0.1, 0.15) is 30.1 Å². The average Bonchev–Trinajstić information content (AvgIpc) is 4.09. The molecule has 3 aliphatic heterocycles. The molecule has 3 N–H and O–H groups in total. The maximum Gasteiger partial charge on any atom is 0.259 e. The van der Waals surface area contributed by atoms with Crippen molar-refractivity contribution in [2.24, 2.45) is 11.8 Å². The predicted octanol–water partition coefficient (Wildman–Crippen LogP) is 7.12. The molecule has 2 saturated heterocycles. The summed E-state index contributed by atoms with van der Waals surface area (Å²) in [5.41, 5.74) is 11.7. The number of phenols is 1. The van der Waals surface area contributed by atoms with Crippen molar-refractivity contribution in [3.63, 3.8) is 0 Å². The third-order valence-corrected chi connectivity index (χ3v) is 14.0. The molecule has 8 bridgehead atoms. The second-order valence-electron chi connectivity index (χ2n) is 19.4. The molecule has 4 amide bonds. The molecule has 0 radical (unpaired) electrons. The largest absolute Gasteiger partial charge is 0.508 e. The van der Waals surface area contributed by atoms with E-state index in [1.807, 2.05) is 19.9 Å². The minimum absolute atomic E-state index is 0.0283. The van der Waals surface area contributed by atoms with Crippen LogP contribution in [0.15, 0.2) is 84.0 Å². The Hall–Kier alpha value is -6.25. The van der Waals surface area contributed by atoms with Crippen LogP contribution in [0.3, 0.4) is 0 Å². The van der Waals surface area contributed by atoms with Gasteiger partial charge in [0, 0.05) is 68.6 Å². The summed E-state index contributed by atoms with van der Waals surface area (Å²) in [4.78, 5) is 63.9. The molecular formula is C53H65N7O7. The zero-order valence-electron chi connectivity index (χ0n) is 39.9. The van der Waals surface area contributed by atoms with Gasteiger partial charge in [0.25, 0.3) is 5.91 Å².